The van der Waals surface area contributed by atoms with E-state index in [2.05, 4.69) is 4.98 Å². The van der Waals surface area contributed by atoms with Gasteiger partial charge in [0.25, 0.3) is 5.56 Å². The Morgan fingerprint density at radius 3 is 2.70 bits per heavy atom. The van der Waals surface area contributed by atoms with Crippen molar-refractivity contribution in [1.29, 1.82) is 0 Å². The molecule has 23 heavy (non-hydrogen) atoms. The summed E-state index contributed by atoms with van der Waals surface area (Å²) in [4.78, 5) is 19.8. The van der Waals surface area contributed by atoms with Gasteiger partial charge in [-0.1, -0.05) is 6.42 Å². The van der Waals surface area contributed by atoms with E-state index < -0.39 is 0 Å². The van der Waals surface area contributed by atoms with Crippen LogP contribution in [0.15, 0.2) is 35.4 Å². The van der Waals surface area contributed by atoms with Crippen LogP contribution in [0, 0.1) is 0 Å². The molecule has 0 spiro atoms. The molecule has 2 aromatic heterocycles. The lowest BCUT2D eigenvalue weighted by molar-refractivity contribution is 0.414. The number of benzene rings is 1. The Morgan fingerprint density at radius 1 is 1.13 bits per heavy atom. The van der Waals surface area contributed by atoms with Gasteiger partial charge in [-0.15, -0.1) is 11.3 Å². The molecule has 0 saturated carbocycles. The Kier molecular flexibility index (Phi) is 3.65. The van der Waals surface area contributed by atoms with E-state index in [4.69, 9.17) is 4.74 Å². The highest BCUT2D eigenvalue weighted by molar-refractivity contribution is 7.18. The summed E-state index contributed by atoms with van der Waals surface area (Å²) in [6.07, 6.45) is 7.34. The van der Waals surface area contributed by atoms with E-state index in [9.17, 15) is 4.79 Å². The Balaban J connectivity index is 1.89. The first-order chi connectivity index (χ1) is 11.3. The number of rotatable bonds is 2. The molecule has 0 unspecified atom stereocenters. The molecule has 0 radical (unpaired) electrons. The summed E-state index contributed by atoms with van der Waals surface area (Å²) in [5, 5.41) is 0.824. The third-order valence-corrected chi connectivity index (χ3v) is 5.68. The van der Waals surface area contributed by atoms with Gasteiger partial charge in [-0.05, 0) is 55.5 Å². The summed E-state index contributed by atoms with van der Waals surface area (Å²) in [7, 11) is 1.63. The summed E-state index contributed by atoms with van der Waals surface area (Å²) in [6, 6.07) is 7.50. The van der Waals surface area contributed by atoms with Crippen molar-refractivity contribution in [1.82, 2.24) is 9.55 Å². The quantitative estimate of drug-likeness (QED) is 0.674. The number of hydrogen-bond donors (Lipinski definition) is 0. The molecule has 1 aromatic carbocycles. The number of ether oxygens (including phenoxy) is 1. The second kappa shape index (κ2) is 5.81. The molecule has 0 N–H and O–H groups in total. The maximum Gasteiger partial charge on any atom is 0.266 e. The smallest absolute Gasteiger partial charge is 0.266 e. The zero-order valence-electron chi connectivity index (χ0n) is 13.0. The molecule has 4 rings (SSSR count). The van der Waals surface area contributed by atoms with Crippen LogP contribution in [0.2, 0.25) is 0 Å². The van der Waals surface area contributed by atoms with Crippen LogP contribution in [0.4, 0.5) is 0 Å². The minimum atomic E-state index is 0.0413. The number of aryl methyl sites for hydroxylation is 2. The number of nitrogens with zero attached hydrogens (tertiary/aromatic N) is 2. The molecule has 3 aromatic rings. The number of fused-ring (bicyclic) bond motifs is 3. The van der Waals surface area contributed by atoms with E-state index in [-0.39, 0.29) is 5.56 Å². The van der Waals surface area contributed by atoms with Crippen molar-refractivity contribution in [3.05, 3.63) is 51.4 Å². The van der Waals surface area contributed by atoms with Gasteiger partial charge in [0.1, 0.15) is 16.9 Å². The summed E-state index contributed by atoms with van der Waals surface area (Å²) in [6.45, 7) is 0. The van der Waals surface area contributed by atoms with Gasteiger partial charge >= 0.3 is 0 Å². The van der Waals surface area contributed by atoms with Gasteiger partial charge < -0.3 is 4.74 Å². The first-order valence-corrected chi connectivity index (χ1v) is 8.76. The molecule has 0 aliphatic heterocycles. The van der Waals surface area contributed by atoms with E-state index in [0.29, 0.717) is 0 Å². The van der Waals surface area contributed by atoms with Crippen molar-refractivity contribution in [3.8, 4) is 11.4 Å². The van der Waals surface area contributed by atoms with E-state index in [0.717, 1.165) is 40.9 Å². The van der Waals surface area contributed by atoms with Crippen LogP contribution in [0.25, 0.3) is 15.9 Å². The summed E-state index contributed by atoms with van der Waals surface area (Å²) in [5.74, 6) is 0.778. The van der Waals surface area contributed by atoms with Crippen LogP contribution in [0.5, 0.6) is 5.75 Å². The molecule has 1 aliphatic carbocycles. The normalized spacial score (nSPS) is 14.5. The molecule has 4 nitrogen and oxygen atoms in total. The maximum atomic E-state index is 13.0. The Morgan fingerprint density at radius 2 is 1.91 bits per heavy atom. The minimum absolute atomic E-state index is 0.0413. The van der Waals surface area contributed by atoms with Crippen molar-refractivity contribution < 1.29 is 4.74 Å². The van der Waals surface area contributed by atoms with Crippen LogP contribution in [-0.4, -0.2) is 16.7 Å². The number of thiophene rings is 1. The highest BCUT2D eigenvalue weighted by atomic mass is 32.1. The molecular weight excluding hydrogens is 308 g/mol. The van der Waals surface area contributed by atoms with E-state index in [1.165, 1.54) is 23.3 Å². The lowest BCUT2D eigenvalue weighted by Crippen LogP contribution is -2.19. The van der Waals surface area contributed by atoms with E-state index >= 15 is 0 Å². The average Bonchev–Trinajstić information content (AvgIpc) is 2.78. The van der Waals surface area contributed by atoms with E-state index in [1.807, 2.05) is 24.3 Å². The monoisotopic (exact) mass is 326 g/mol. The number of aromatic nitrogens is 2. The molecule has 0 fully saturated rings. The third kappa shape index (κ3) is 2.45. The standard InChI is InChI=1S/C18H18N2O2S/c1-22-13-9-7-12(8-10-13)20-11-19-17-16(18(20)21)14-5-3-2-4-6-15(14)23-17/h7-11H,2-6H2,1H3. The zero-order valence-corrected chi connectivity index (χ0v) is 13.9. The van der Waals surface area contributed by atoms with E-state index in [1.54, 1.807) is 29.3 Å². The molecule has 0 atom stereocenters. The lowest BCUT2D eigenvalue weighted by Gasteiger charge is -2.07. The Bertz CT molecular complexity index is 909. The van der Waals surface area contributed by atoms with Crippen LogP contribution in [0.1, 0.15) is 29.7 Å². The van der Waals surface area contributed by atoms with Gasteiger partial charge in [-0.3, -0.25) is 9.36 Å². The predicted octanol–water partition coefficient (Wildman–Crippen LogP) is 3.72. The molecule has 118 valence electrons. The minimum Gasteiger partial charge on any atom is -0.497 e. The number of hydrogen-bond acceptors (Lipinski definition) is 4. The van der Waals surface area contributed by atoms with Crippen LogP contribution in [-0.2, 0) is 12.8 Å². The van der Waals surface area contributed by atoms with Gasteiger partial charge in [-0.2, -0.15) is 0 Å². The molecule has 0 saturated heterocycles. The van der Waals surface area contributed by atoms with Gasteiger partial charge in [0.2, 0.25) is 0 Å². The fourth-order valence-corrected chi connectivity index (χ4v) is 4.47. The summed E-state index contributed by atoms with van der Waals surface area (Å²) in [5.41, 5.74) is 2.10. The van der Waals surface area contributed by atoms with Crippen LogP contribution in [0.3, 0.4) is 0 Å². The van der Waals surface area contributed by atoms with Gasteiger partial charge in [0.05, 0.1) is 18.2 Å². The highest BCUT2D eigenvalue weighted by Crippen LogP contribution is 2.32. The molecule has 2 heterocycles. The van der Waals surface area contributed by atoms with Crippen molar-refractivity contribution in [2.75, 3.05) is 7.11 Å². The fraction of sp³-hybridized carbons (Fsp3) is 0.333. The molecule has 1 aliphatic rings. The van der Waals surface area contributed by atoms with Gasteiger partial charge in [0.15, 0.2) is 0 Å². The van der Waals surface area contributed by atoms with Crippen molar-refractivity contribution in [2.45, 2.75) is 32.1 Å². The average molecular weight is 326 g/mol. The second-order valence-electron chi connectivity index (χ2n) is 5.86. The summed E-state index contributed by atoms with van der Waals surface area (Å²) >= 11 is 1.69. The van der Waals surface area contributed by atoms with Crippen LogP contribution >= 0.6 is 11.3 Å². The topological polar surface area (TPSA) is 44.1 Å². The Labute approximate surface area is 138 Å². The largest absolute Gasteiger partial charge is 0.497 e. The predicted molar refractivity (Wildman–Crippen MR) is 93.0 cm³/mol. The third-order valence-electron chi connectivity index (χ3n) is 4.48. The van der Waals surface area contributed by atoms with Gasteiger partial charge in [0, 0.05) is 4.88 Å². The zero-order chi connectivity index (χ0) is 15.8. The fourth-order valence-electron chi connectivity index (χ4n) is 3.25. The summed E-state index contributed by atoms with van der Waals surface area (Å²) < 4.78 is 6.82. The second-order valence-corrected chi connectivity index (χ2v) is 6.95. The SMILES string of the molecule is COc1ccc(-n2cnc3sc4c(c3c2=O)CCCCC4)cc1. The first kappa shape index (κ1) is 14.5. The number of methoxy groups -OCH3 is 1. The molecule has 0 amide bonds. The highest BCUT2D eigenvalue weighted by Gasteiger charge is 2.19. The maximum absolute atomic E-state index is 13.0. The molecule has 5 heteroatoms. The van der Waals surface area contributed by atoms with Crippen molar-refractivity contribution in [2.24, 2.45) is 0 Å². The van der Waals surface area contributed by atoms with Gasteiger partial charge in [-0.25, -0.2) is 4.98 Å². The lowest BCUT2D eigenvalue weighted by atomic mass is 10.1. The molecule has 0 bridgehead atoms. The van der Waals surface area contributed by atoms with Crippen molar-refractivity contribution in [3.63, 3.8) is 0 Å². The van der Waals surface area contributed by atoms with Crippen molar-refractivity contribution >= 4 is 21.6 Å². The molecular formula is C18H18N2O2S. The first-order valence-electron chi connectivity index (χ1n) is 7.94. The Hall–Kier alpha value is -2.14. The van der Waals surface area contributed by atoms with Crippen LogP contribution < -0.4 is 10.3 Å².